The molecule has 2 aromatic rings. The normalized spacial score (nSPS) is 20.9. The average Bonchev–Trinajstić information content (AvgIpc) is 3.20. The van der Waals surface area contributed by atoms with E-state index in [2.05, 4.69) is 22.4 Å². The molecule has 2 atom stereocenters. The predicted molar refractivity (Wildman–Crippen MR) is 75.2 cm³/mol. The minimum Gasteiger partial charge on any atom is -0.324 e. The van der Waals surface area contributed by atoms with Gasteiger partial charge in [-0.05, 0) is 24.0 Å². The molecule has 3 nitrogen and oxygen atoms in total. The Bertz CT molecular complexity index is 600. The molecule has 1 aliphatic rings. The summed E-state index contributed by atoms with van der Waals surface area (Å²) in [4.78, 5) is 16.0. The number of hydrogen-bond acceptors (Lipinski definition) is 2. The molecule has 96 valence electrons. The van der Waals surface area contributed by atoms with E-state index < -0.39 is 0 Å². The third-order valence-corrected chi connectivity index (χ3v) is 3.53. The van der Waals surface area contributed by atoms with Gasteiger partial charge in [0.1, 0.15) is 0 Å². The number of aromatic nitrogens is 1. The van der Waals surface area contributed by atoms with Gasteiger partial charge < -0.3 is 5.32 Å². The third kappa shape index (κ3) is 2.76. The highest BCUT2D eigenvalue weighted by atomic mass is 35.5. The molecule has 1 fully saturated rings. The highest BCUT2D eigenvalue weighted by Gasteiger charge is 2.43. The number of carbonyl (C=O) groups excluding carboxylic acids is 1. The van der Waals surface area contributed by atoms with Gasteiger partial charge in [0.15, 0.2) is 0 Å². The van der Waals surface area contributed by atoms with Gasteiger partial charge >= 0.3 is 0 Å². The van der Waals surface area contributed by atoms with Crippen LogP contribution in [0.5, 0.6) is 0 Å². The molecule has 1 aliphatic carbocycles. The molecule has 1 aromatic heterocycles. The molecule has 1 aromatic carbocycles. The molecular formula is C15H13ClN2O. The number of hydrogen-bond donors (Lipinski definition) is 1. The van der Waals surface area contributed by atoms with E-state index in [0.717, 1.165) is 6.42 Å². The van der Waals surface area contributed by atoms with E-state index in [0.29, 0.717) is 16.6 Å². The maximum atomic E-state index is 12.1. The maximum Gasteiger partial charge on any atom is 0.228 e. The van der Waals surface area contributed by atoms with Crippen LogP contribution in [-0.4, -0.2) is 10.9 Å². The van der Waals surface area contributed by atoms with Crippen molar-refractivity contribution in [1.82, 2.24) is 4.98 Å². The van der Waals surface area contributed by atoms with E-state index in [4.69, 9.17) is 11.6 Å². The van der Waals surface area contributed by atoms with E-state index in [9.17, 15) is 4.79 Å². The van der Waals surface area contributed by atoms with Gasteiger partial charge in [0, 0.05) is 12.1 Å². The molecule has 0 unspecified atom stereocenters. The molecule has 1 saturated carbocycles. The first-order valence-corrected chi connectivity index (χ1v) is 6.58. The average molecular weight is 273 g/mol. The Balaban J connectivity index is 1.64. The van der Waals surface area contributed by atoms with Gasteiger partial charge in [-0.25, -0.2) is 0 Å². The smallest absolute Gasteiger partial charge is 0.228 e. The van der Waals surface area contributed by atoms with Crippen LogP contribution in [-0.2, 0) is 4.79 Å². The summed E-state index contributed by atoms with van der Waals surface area (Å²) in [6.07, 6.45) is 4.05. The molecule has 0 saturated heterocycles. The number of nitrogens with one attached hydrogen (secondary N) is 1. The Labute approximate surface area is 116 Å². The second-order valence-corrected chi connectivity index (χ2v) is 5.18. The fourth-order valence-corrected chi connectivity index (χ4v) is 2.44. The van der Waals surface area contributed by atoms with Crippen LogP contribution in [0, 0.1) is 5.92 Å². The predicted octanol–water partition coefficient (Wildman–Crippen LogP) is 3.48. The van der Waals surface area contributed by atoms with Gasteiger partial charge in [0.2, 0.25) is 5.91 Å². The first-order chi connectivity index (χ1) is 9.24. The van der Waals surface area contributed by atoms with Crippen LogP contribution in [0.15, 0.2) is 48.8 Å². The zero-order valence-electron chi connectivity index (χ0n) is 10.2. The number of anilines is 1. The first kappa shape index (κ1) is 12.2. The molecule has 19 heavy (non-hydrogen) atoms. The minimum atomic E-state index is 0.0397. The van der Waals surface area contributed by atoms with E-state index in [1.807, 2.05) is 18.2 Å². The Hall–Kier alpha value is -1.87. The molecular weight excluding hydrogens is 260 g/mol. The second-order valence-electron chi connectivity index (χ2n) is 4.74. The summed E-state index contributed by atoms with van der Waals surface area (Å²) in [7, 11) is 0. The number of benzene rings is 1. The fourth-order valence-electron chi connectivity index (χ4n) is 2.27. The summed E-state index contributed by atoms with van der Waals surface area (Å²) in [5.41, 5.74) is 1.88. The molecule has 1 heterocycles. The summed E-state index contributed by atoms with van der Waals surface area (Å²) in [6, 6.07) is 11.8. The zero-order chi connectivity index (χ0) is 13.2. The van der Waals surface area contributed by atoms with Crippen molar-refractivity contribution in [3.8, 4) is 0 Å². The van der Waals surface area contributed by atoms with Crippen molar-refractivity contribution in [3.63, 3.8) is 0 Å². The molecule has 0 spiro atoms. The number of rotatable bonds is 3. The van der Waals surface area contributed by atoms with Crippen LogP contribution in [0.25, 0.3) is 0 Å². The second kappa shape index (κ2) is 5.02. The summed E-state index contributed by atoms with van der Waals surface area (Å²) in [5, 5.41) is 3.38. The standard InChI is InChI=1S/C15H13ClN2O/c16-11-6-12(9-17-8-11)18-15(19)14-7-13(14)10-4-2-1-3-5-10/h1-6,8-9,13-14H,7H2,(H,18,19)/t13-,14+/m1/s1. The largest absolute Gasteiger partial charge is 0.324 e. The number of carbonyl (C=O) groups is 1. The lowest BCUT2D eigenvalue weighted by molar-refractivity contribution is -0.117. The van der Waals surface area contributed by atoms with Crippen molar-refractivity contribution < 1.29 is 4.79 Å². The number of pyridine rings is 1. The van der Waals surface area contributed by atoms with Crippen molar-refractivity contribution >= 4 is 23.2 Å². The Kier molecular flexibility index (Phi) is 3.22. The highest BCUT2D eigenvalue weighted by molar-refractivity contribution is 6.30. The number of halogens is 1. The Morgan fingerprint density at radius 2 is 2.05 bits per heavy atom. The topological polar surface area (TPSA) is 42.0 Å². The van der Waals surface area contributed by atoms with Crippen LogP contribution in [0.3, 0.4) is 0 Å². The lowest BCUT2D eigenvalue weighted by Crippen LogP contribution is -2.14. The van der Waals surface area contributed by atoms with Crippen LogP contribution in [0.2, 0.25) is 5.02 Å². The third-order valence-electron chi connectivity index (χ3n) is 3.33. The Morgan fingerprint density at radius 1 is 1.26 bits per heavy atom. The van der Waals surface area contributed by atoms with Gasteiger partial charge in [0.05, 0.1) is 16.9 Å². The molecule has 0 aliphatic heterocycles. The fraction of sp³-hybridized carbons (Fsp3) is 0.200. The molecule has 1 N–H and O–H groups in total. The number of amides is 1. The van der Waals surface area contributed by atoms with Gasteiger partial charge in [-0.3, -0.25) is 9.78 Å². The van der Waals surface area contributed by atoms with E-state index in [1.165, 1.54) is 5.56 Å². The van der Waals surface area contributed by atoms with Crippen LogP contribution in [0.4, 0.5) is 5.69 Å². The molecule has 0 bridgehead atoms. The van der Waals surface area contributed by atoms with Crippen LogP contribution in [0.1, 0.15) is 17.9 Å². The van der Waals surface area contributed by atoms with E-state index >= 15 is 0 Å². The van der Waals surface area contributed by atoms with Gasteiger partial charge in [-0.1, -0.05) is 41.9 Å². The van der Waals surface area contributed by atoms with Gasteiger partial charge in [0.25, 0.3) is 0 Å². The Morgan fingerprint density at radius 3 is 2.79 bits per heavy atom. The van der Waals surface area contributed by atoms with E-state index in [-0.39, 0.29) is 11.8 Å². The van der Waals surface area contributed by atoms with Crippen molar-refractivity contribution in [2.75, 3.05) is 5.32 Å². The zero-order valence-corrected chi connectivity index (χ0v) is 11.0. The summed E-state index contributed by atoms with van der Waals surface area (Å²) in [5.74, 6) is 0.438. The summed E-state index contributed by atoms with van der Waals surface area (Å²) in [6.45, 7) is 0. The molecule has 3 rings (SSSR count). The van der Waals surface area contributed by atoms with Crippen LogP contribution < -0.4 is 5.32 Å². The lowest BCUT2D eigenvalue weighted by Gasteiger charge is -2.04. The monoisotopic (exact) mass is 272 g/mol. The number of nitrogens with zero attached hydrogens (tertiary/aromatic N) is 1. The van der Waals surface area contributed by atoms with E-state index in [1.54, 1.807) is 18.5 Å². The highest BCUT2D eigenvalue weighted by Crippen LogP contribution is 2.47. The summed E-state index contributed by atoms with van der Waals surface area (Å²) < 4.78 is 0. The van der Waals surface area contributed by atoms with Crippen molar-refractivity contribution in [2.45, 2.75) is 12.3 Å². The molecule has 1 amide bonds. The van der Waals surface area contributed by atoms with Crippen molar-refractivity contribution in [2.24, 2.45) is 5.92 Å². The molecule has 0 radical (unpaired) electrons. The first-order valence-electron chi connectivity index (χ1n) is 6.20. The van der Waals surface area contributed by atoms with Crippen molar-refractivity contribution in [1.29, 1.82) is 0 Å². The van der Waals surface area contributed by atoms with Crippen molar-refractivity contribution in [3.05, 3.63) is 59.4 Å². The molecule has 4 heteroatoms. The summed E-state index contributed by atoms with van der Waals surface area (Å²) >= 11 is 5.83. The maximum absolute atomic E-state index is 12.1. The van der Waals surface area contributed by atoms with Crippen LogP contribution >= 0.6 is 11.6 Å². The van der Waals surface area contributed by atoms with Gasteiger partial charge in [-0.15, -0.1) is 0 Å². The van der Waals surface area contributed by atoms with Gasteiger partial charge in [-0.2, -0.15) is 0 Å². The minimum absolute atomic E-state index is 0.0397. The quantitative estimate of drug-likeness (QED) is 0.929. The SMILES string of the molecule is O=C(Nc1cncc(Cl)c1)[C@H]1C[C@@H]1c1ccccc1. The lowest BCUT2D eigenvalue weighted by atomic mass is 10.1.